The average molecular weight is 359 g/mol. The SMILES string of the molecule is Cc1c(I)cc(C=O)cc1CS(=O)(=O)Cl. The summed E-state index contributed by atoms with van der Waals surface area (Å²) < 4.78 is 22.7. The van der Waals surface area contributed by atoms with Crippen LogP contribution in [0.3, 0.4) is 0 Å². The lowest BCUT2D eigenvalue weighted by Crippen LogP contribution is -2.00. The fraction of sp³-hybridized carbons (Fsp3) is 0.222. The Bertz CT molecular complexity index is 496. The summed E-state index contributed by atoms with van der Waals surface area (Å²) in [5.74, 6) is -0.252. The highest BCUT2D eigenvalue weighted by atomic mass is 127. The Hall–Kier alpha value is -0.140. The summed E-state index contributed by atoms with van der Waals surface area (Å²) in [7, 11) is 1.58. The number of carbonyl (C=O) groups is 1. The van der Waals surface area contributed by atoms with Crippen molar-refractivity contribution >= 4 is 48.6 Å². The summed E-state index contributed by atoms with van der Waals surface area (Å²) in [4.78, 5) is 10.6. The third-order valence-electron chi connectivity index (χ3n) is 1.94. The molecule has 1 aromatic carbocycles. The molecule has 0 aliphatic rings. The van der Waals surface area contributed by atoms with E-state index in [4.69, 9.17) is 10.7 Å². The number of carbonyl (C=O) groups excluding carboxylic acids is 1. The predicted octanol–water partition coefficient (Wildman–Crippen LogP) is 2.48. The van der Waals surface area contributed by atoms with Crippen LogP contribution in [0, 0.1) is 10.5 Å². The molecule has 0 N–H and O–H groups in total. The first-order chi connectivity index (χ1) is 6.83. The van der Waals surface area contributed by atoms with Crippen molar-refractivity contribution in [3.63, 3.8) is 0 Å². The molecule has 0 radical (unpaired) electrons. The minimum atomic E-state index is -3.59. The van der Waals surface area contributed by atoms with Gasteiger partial charge in [0.25, 0.3) is 0 Å². The minimum Gasteiger partial charge on any atom is -0.298 e. The second kappa shape index (κ2) is 4.80. The number of rotatable bonds is 3. The number of hydrogen-bond acceptors (Lipinski definition) is 3. The molecule has 15 heavy (non-hydrogen) atoms. The Morgan fingerprint density at radius 2 is 2.07 bits per heavy atom. The fourth-order valence-corrected chi connectivity index (χ4v) is 2.89. The van der Waals surface area contributed by atoms with Crippen LogP contribution in [0.2, 0.25) is 0 Å². The standard InChI is InChI=1S/C9H8ClIO3S/c1-6-8(5-15(10,13)14)2-7(4-12)3-9(6)11/h2-4H,5H2,1H3. The predicted molar refractivity (Wildman–Crippen MR) is 67.8 cm³/mol. The van der Waals surface area contributed by atoms with E-state index >= 15 is 0 Å². The van der Waals surface area contributed by atoms with Gasteiger partial charge in [-0.3, -0.25) is 4.79 Å². The van der Waals surface area contributed by atoms with Gasteiger partial charge in [0, 0.05) is 19.8 Å². The smallest absolute Gasteiger partial charge is 0.236 e. The van der Waals surface area contributed by atoms with E-state index in [2.05, 4.69) is 22.6 Å². The molecule has 0 spiro atoms. The molecule has 0 aliphatic carbocycles. The fourth-order valence-electron chi connectivity index (χ4n) is 1.16. The monoisotopic (exact) mass is 358 g/mol. The van der Waals surface area contributed by atoms with Crippen LogP contribution in [0.4, 0.5) is 0 Å². The van der Waals surface area contributed by atoms with Crippen molar-refractivity contribution < 1.29 is 13.2 Å². The van der Waals surface area contributed by atoms with Gasteiger partial charge in [-0.2, -0.15) is 0 Å². The molecule has 6 heteroatoms. The molecule has 82 valence electrons. The molecule has 0 aliphatic heterocycles. The van der Waals surface area contributed by atoms with Gasteiger partial charge < -0.3 is 0 Å². The number of benzene rings is 1. The highest BCUT2D eigenvalue weighted by Gasteiger charge is 2.12. The van der Waals surface area contributed by atoms with Gasteiger partial charge in [0.05, 0.1) is 5.75 Å². The summed E-state index contributed by atoms with van der Waals surface area (Å²) in [5, 5.41) is 0. The number of hydrogen-bond donors (Lipinski definition) is 0. The molecule has 1 aromatic rings. The Kier molecular flexibility index (Phi) is 4.13. The van der Waals surface area contributed by atoms with Crippen LogP contribution in [0.15, 0.2) is 12.1 Å². The van der Waals surface area contributed by atoms with E-state index in [0.717, 1.165) is 9.13 Å². The van der Waals surface area contributed by atoms with Crippen molar-refractivity contribution in [3.05, 3.63) is 32.4 Å². The third kappa shape index (κ3) is 3.73. The lowest BCUT2D eigenvalue weighted by Gasteiger charge is -2.07. The Balaban J connectivity index is 3.28. The van der Waals surface area contributed by atoms with Gasteiger partial charge in [0.2, 0.25) is 9.05 Å². The maximum absolute atomic E-state index is 10.9. The average Bonchev–Trinajstić information content (AvgIpc) is 2.10. The molecule has 0 aromatic heterocycles. The molecule has 0 bridgehead atoms. The summed E-state index contributed by atoms with van der Waals surface area (Å²) in [5.41, 5.74) is 1.87. The Labute approximate surface area is 106 Å². The van der Waals surface area contributed by atoms with E-state index in [1.54, 1.807) is 19.1 Å². The summed E-state index contributed by atoms with van der Waals surface area (Å²) in [6.45, 7) is 1.80. The lowest BCUT2D eigenvalue weighted by molar-refractivity contribution is 0.112. The largest absolute Gasteiger partial charge is 0.298 e. The van der Waals surface area contributed by atoms with Gasteiger partial charge in [-0.15, -0.1) is 0 Å². The quantitative estimate of drug-likeness (QED) is 0.474. The summed E-state index contributed by atoms with van der Waals surface area (Å²) in [6.07, 6.45) is 0.686. The van der Waals surface area contributed by atoms with Gasteiger partial charge in [-0.05, 0) is 52.8 Å². The van der Waals surface area contributed by atoms with E-state index < -0.39 is 9.05 Å². The molecule has 1 rings (SSSR count). The highest BCUT2D eigenvalue weighted by molar-refractivity contribution is 14.1. The molecule has 0 atom stereocenters. The first-order valence-corrected chi connectivity index (χ1v) is 7.56. The van der Waals surface area contributed by atoms with Crippen molar-refractivity contribution in [1.29, 1.82) is 0 Å². The van der Waals surface area contributed by atoms with Crippen LogP contribution in [-0.4, -0.2) is 14.7 Å². The van der Waals surface area contributed by atoms with Crippen LogP contribution in [0.1, 0.15) is 21.5 Å². The lowest BCUT2D eigenvalue weighted by atomic mass is 10.1. The maximum atomic E-state index is 10.9. The third-order valence-corrected chi connectivity index (χ3v) is 4.04. The zero-order valence-electron chi connectivity index (χ0n) is 7.83. The first kappa shape index (κ1) is 12.9. The zero-order valence-corrected chi connectivity index (χ0v) is 11.6. The highest BCUT2D eigenvalue weighted by Crippen LogP contribution is 2.21. The molecule has 3 nitrogen and oxygen atoms in total. The molecular weight excluding hydrogens is 351 g/mol. The van der Waals surface area contributed by atoms with Crippen molar-refractivity contribution in [3.8, 4) is 0 Å². The number of aldehydes is 1. The maximum Gasteiger partial charge on any atom is 0.236 e. The van der Waals surface area contributed by atoms with E-state index in [1.165, 1.54) is 0 Å². The van der Waals surface area contributed by atoms with Crippen molar-refractivity contribution in [1.82, 2.24) is 0 Å². The minimum absolute atomic E-state index is 0.252. The number of halogens is 2. The normalized spacial score (nSPS) is 11.4. The van der Waals surface area contributed by atoms with Gasteiger partial charge in [0.15, 0.2) is 0 Å². The van der Waals surface area contributed by atoms with E-state index in [-0.39, 0.29) is 5.75 Å². The van der Waals surface area contributed by atoms with Crippen molar-refractivity contribution in [2.75, 3.05) is 0 Å². The van der Waals surface area contributed by atoms with Crippen molar-refractivity contribution in [2.24, 2.45) is 0 Å². The molecule has 0 fully saturated rings. The topological polar surface area (TPSA) is 51.2 Å². The summed E-state index contributed by atoms with van der Waals surface area (Å²) >= 11 is 2.05. The first-order valence-electron chi connectivity index (χ1n) is 4.00. The molecule has 0 heterocycles. The van der Waals surface area contributed by atoms with Crippen LogP contribution >= 0.6 is 33.3 Å². The second-order valence-corrected chi connectivity index (χ2v) is 7.03. The van der Waals surface area contributed by atoms with Crippen LogP contribution < -0.4 is 0 Å². The van der Waals surface area contributed by atoms with Gasteiger partial charge >= 0.3 is 0 Å². The van der Waals surface area contributed by atoms with Gasteiger partial charge in [-0.25, -0.2) is 8.42 Å². The second-order valence-electron chi connectivity index (χ2n) is 3.09. The molecule has 0 saturated heterocycles. The summed E-state index contributed by atoms with van der Waals surface area (Å²) in [6, 6.07) is 3.25. The van der Waals surface area contributed by atoms with Gasteiger partial charge in [-0.1, -0.05) is 0 Å². The zero-order chi connectivity index (χ0) is 11.6. The van der Waals surface area contributed by atoms with Crippen LogP contribution in [-0.2, 0) is 14.8 Å². The molecule has 0 amide bonds. The van der Waals surface area contributed by atoms with E-state index in [1.807, 2.05) is 0 Å². The van der Waals surface area contributed by atoms with E-state index in [9.17, 15) is 13.2 Å². The molecular formula is C9H8ClIO3S. The van der Waals surface area contributed by atoms with Crippen molar-refractivity contribution in [2.45, 2.75) is 12.7 Å². The van der Waals surface area contributed by atoms with Gasteiger partial charge in [0.1, 0.15) is 6.29 Å². The molecule has 0 saturated carbocycles. The van der Waals surface area contributed by atoms with E-state index in [0.29, 0.717) is 17.4 Å². The van der Waals surface area contributed by atoms with Crippen LogP contribution in [0.25, 0.3) is 0 Å². The molecule has 0 unspecified atom stereocenters. The van der Waals surface area contributed by atoms with Crippen LogP contribution in [0.5, 0.6) is 0 Å². The Morgan fingerprint density at radius 1 is 1.47 bits per heavy atom. The Morgan fingerprint density at radius 3 is 2.53 bits per heavy atom.